The maximum Gasteiger partial charge on any atom is 0.151 e. The maximum absolute atomic E-state index is 5.74. The fourth-order valence-electron chi connectivity index (χ4n) is 1.24. The monoisotopic (exact) mass is 195 g/mol. The van der Waals surface area contributed by atoms with Crippen molar-refractivity contribution in [1.82, 2.24) is 4.98 Å². The van der Waals surface area contributed by atoms with E-state index in [1.165, 1.54) is 23.3 Å². The molecule has 1 aliphatic carbocycles. The molecule has 70 valence electrons. The molecule has 0 radical (unpaired) electrons. The molecule has 0 spiro atoms. The van der Waals surface area contributed by atoms with Crippen molar-refractivity contribution in [2.24, 2.45) is 0 Å². The van der Waals surface area contributed by atoms with Crippen molar-refractivity contribution in [2.75, 3.05) is 6.26 Å². The number of rotatable bonds is 3. The molecule has 0 saturated heterocycles. The first kappa shape index (κ1) is 8.88. The van der Waals surface area contributed by atoms with Gasteiger partial charge in [-0.25, -0.2) is 0 Å². The molecule has 0 aromatic carbocycles. The Hall–Kier alpha value is -0.700. The second-order valence-electron chi connectivity index (χ2n) is 3.30. The van der Waals surface area contributed by atoms with Crippen LogP contribution in [0.3, 0.4) is 0 Å². The summed E-state index contributed by atoms with van der Waals surface area (Å²) in [6.45, 7) is 2.07. The highest BCUT2D eigenvalue weighted by atomic mass is 32.2. The first-order valence-corrected chi connectivity index (χ1v) is 5.69. The molecule has 2 nitrogen and oxygen atoms in total. The van der Waals surface area contributed by atoms with Gasteiger partial charge in [0.25, 0.3) is 0 Å². The molecule has 1 saturated carbocycles. The number of ether oxygens (including phenoxy) is 1. The van der Waals surface area contributed by atoms with Crippen molar-refractivity contribution in [3.8, 4) is 5.75 Å². The standard InChI is InChI=1S/C10H13NOS/c1-7-5-11-6-9(10(7)13-2)12-8-3-4-8/h5-6,8H,3-4H2,1-2H3. The van der Waals surface area contributed by atoms with E-state index in [0.717, 1.165) is 5.75 Å². The predicted molar refractivity (Wildman–Crippen MR) is 54.4 cm³/mol. The lowest BCUT2D eigenvalue weighted by Crippen LogP contribution is -1.98. The molecule has 1 heterocycles. The maximum atomic E-state index is 5.74. The van der Waals surface area contributed by atoms with Crippen molar-refractivity contribution in [3.63, 3.8) is 0 Å². The largest absolute Gasteiger partial charge is 0.488 e. The summed E-state index contributed by atoms with van der Waals surface area (Å²) in [5, 5.41) is 0. The van der Waals surface area contributed by atoms with Crippen LogP contribution in [0.1, 0.15) is 18.4 Å². The number of hydrogen-bond donors (Lipinski definition) is 0. The zero-order valence-corrected chi connectivity index (χ0v) is 8.73. The number of nitrogens with zero attached hydrogens (tertiary/aromatic N) is 1. The van der Waals surface area contributed by atoms with Crippen molar-refractivity contribution >= 4 is 11.8 Å². The Bertz CT molecular complexity index is 310. The molecular weight excluding hydrogens is 182 g/mol. The van der Waals surface area contributed by atoms with Crippen LogP contribution in [-0.4, -0.2) is 17.3 Å². The minimum atomic E-state index is 0.453. The van der Waals surface area contributed by atoms with Crippen molar-refractivity contribution in [2.45, 2.75) is 30.8 Å². The highest BCUT2D eigenvalue weighted by Gasteiger charge is 2.24. The molecule has 2 rings (SSSR count). The number of pyridine rings is 1. The van der Waals surface area contributed by atoms with Gasteiger partial charge in [-0.2, -0.15) is 0 Å². The number of thioether (sulfide) groups is 1. The fourth-order valence-corrected chi connectivity index (χ4v) is 1.92. The minimum Gasteiger partial charge on any atom is -0.488 e. The van der Waals surface area contributed by atoms with Gasteiger partial charge in [0.2, 0.25) is 0 Å². The smallest absolute Gasteiger partial charge is 0.151 e. The van der Waals surface area contributed by atoms with E-state index in [0.29, 0.717) is 6.10 Å². The Morgan fingerprint density at radius 2 is 2.23 bits per heavy atom. The molecule has 0 bridgehead atoms. The second kappa shape index (κ2) is 3.58. The molecule has 1 aliphatic rings. The quantitative estimate of drug-likeness (QED) is 0.692. The fraction of sp³-hybridized carbons (Fsp3) is 0.500. The van der Waals surface area contributed by atoms with Crippen LogP contribution in [0.5, 0.6) is 5.75 Å². The van der Waals surface area contributed by atoms with Crippen LogP contribution in [0.2, 0.25) is 0 Å². The van der Waals surface area contributed by atoms with Crippen LogP contribution in [0.25, 0.3) is 0 Å². The topological polar surface area (TPSA) is 22.1 Å². The Kier molecular flexibility index (Phi) is 2.44. The lowest BCUT2D eigenvalue weighted by atomic mass is 10.3. The Labute approximate surface area is 82.7 Å². The van der Waals surface area contributed by atoms with Crippen LogP contribution in [0.4, 0.5) is 0 Å². The average molecular weight is 195 g/mol. The summed E-state index contributed by atoms with van der Waals surface area (Å²) in [5.74, 6) is 0.954. The van der Waals surface area contributed by atoms with E-state index in [1.54, 1.807) is 11.8 Å². The summed E-state index contributed by atoms with van der Waals surface area (Å²) >= 11 is 1.73. The summed E-state index contributed by atoms with van der Waals surface area (Å²) < 4.78 is 5.74. The van der Waals surface area contributed by atoms with Gasteiger partial charge in [0, 0.05) is 6.20 Å². The first-order chi connectivity index (χ1) is 6.31. The lowest BCUT2D eigenvalue weighted by Gasteiger charge is -2.10. The van der Waals surface area contributed by atoms with Gasteiger partial charge in [0.1, 0.15) is 0 Å². The molecule has 0 atom stereocenters. The van der Waals surface area contributed by atoms with Crippen LogP contribution in [0.15, 0.2) is 17.3 Å². The van der Waals surface area contributed by atoms with E-state index in [2.05, 4.69) is 18.2 Å². The average Bonchev–Trinajstić information content (AvgIpc) is 2.89. The molecule has 1 aromatic heterocycles. The second-order valence-corrected chi connectivity index (χ2v) is 4.12. The van der Waals surface area contributed by atoms with Crippen molar-refractivity contribution in [1.29, 1.82) is 0 Å². The van der Waals surface area contributed by atoms with Crippen molar-refractivity contribution < 1.29 is 4.74 Å². The molecule has 3 heteroatoms. The van der Waals surface area contributed by atoms with Gasteiger partial charge in [-0.1, -0.05) is 0 Å². The van der Waals surface area contributed by atoms with E-state index in [-0.39, 0.29) is 0 Å². The lowest BCUT2D eigenvalue weighted by molar-refractivity contribution is 0.294. The Morgan fingerprint density at radius 1 is 1.46 bits per heavy atom. The molecule has 1 fully saturated rings. The summed E-state index contributed by atoms with van der Waals surface area (Å²) in [5.41, 5.74) is 1.20. The van der Waals surface area contributed by atoms with E-state index >= 15 is 0 Å². The van der Waals surface area contributed by atoms with E-state index in [1.807, 2.05) is 12.4 Å². The van der Waals surface area contributed by atoms with Crippen molar-refractivity contribution in [3.05, 3.63) is 18.0 Å². The van der Waals surface area contributed by atoms with E-state index < -0.39 is 0 Å². The summed E-state index contributed by atoms with van der Waals surface area (Å²) in [7, 11) is 0. The third-order valence-electron chi connectivity index (χ3n) is 2.06. The summed E-state index contributed by atoms with van der Waals surface area (Å²) in [6, 6.07) is 0. The van der Waals surface area contributed by atoms with E-state index in [9.17, 15) is 0 Å². The molecule has 0 aliphatic heterocycles. The van der Waals surface area contributed by atoms with Gasteiger partial charge in [0.05, 0.1) is 17.2 Å². The molecular formula is C10H13NOS. The number of aryl methyl sites for hydroxylation is 1. The molecule has 0 amide bonds. The van der Waals surface area contributed by atoms with Gasteiger partial charge in [-0.15, -0.1) is 11.8 Å². The normalized spacial score (nSPS) is 15.8. The molecule has 1 aromatic rings. The highest BCUT2D eigenvalue weighted by molar-refractivity contribution is 7.98. The van der Waals surface area contributed by atoms with Crippen LogP contribution < -0.4 is 4.74 Å². The Balaban J connectivity index is 2.25. The Morgan fingerprint density at radius 3 is 2.85 bits per heavy atom. The van der Waals surface area contributed by atoms with Crippen LogP contribution in [0, 0.1) is 6.92 Å². The van der Waals surface area contributed by atoms with Crippen LogP contribution >= 0.6 is 11.8 Å². The van der Waals surface area contributed by atoms with Gasteiger partial charge in [0.15, 0.2) is 5.75 Å². The number of hydrogen-bond acceptors (Lipinski definition) is 3. The van der Waals surface area contributed by atoms with Gasteiger partial charge in [-0.3, -0.25) is 4.98 Å². The number of aromatic nitrogens is 1. The third-order valence-corrected chi connectivity index (χ3v) is 3.00. The molecule has 13 heavy (non-hydrogen) atoms. The molecule has 0 N–H and O–H groups in total. The minimum absolute atomic E-state index is 0.453. The summed E-state index contributed by atoms with van der Waals surface area (Å²) in [4.78, 5) is 5.36. The zero-order chi connectivity index (χ0) is 9.26. The van der Waals surface area contributed by atoms with Crippen LogP contribution in [-0.2, 0) is 0 Å². The van der Waals surface area contributed by atoms with Gasteiger partial charge < -0.3 is 4.74 Å². The SMILES string of the molecule is CSc1c(C)cncc1OC1CC1. The highest BCUT2D eigenvalue weighted by Crippen LogP contribution is 2.34. The predicted octanol–water partition coefficient (Wildman–Crippen LogP) is 2.65. The van der Waals surface area contributed by atoms with Gasteiger partial charge >= 0.3 is 0 Å². The van der Waals surface area contributed by atoms with E-state index in [4.69, 9.17) is 4.74 Å². The molecule has 0 unspecified atom stereocenters. The van der Waals surface area contributed by atoms with Gasteiger partial charge in [-0.05, 0) is 31.6 Å². The third kappa shape index (κ3) is 1.97. The first-order valence-electron chi connectivity index (χ1n) is 4.46. The zero-order valence-electron chi connectivity index (χ0n) is 7.91. The summed E-state index contributed by atoms with van der Waals surface area (Å²) in [6.07, 6.45) is 8.61.